The average Bonchev–Trinajstić information content (AvgIpc) is 3.36. The highest BCUT2D eigenvalue weighted by Crippen LogP contribution is 2.45. The fourth-order valence-corrected chi connectivity index (χ4v) is 5.69. The summed E-state index contributed by atoms with van der Waals surface area (Å²) in [5.41, 5.74) is 4.75. The van der Waals surface area contributed by atoms with Crippen molar-refractivity contribution in [2.45, 2.75) is 26.8 Å². The monoisotopic (exact) mass is 518 g/mol. The molecule has 1 aliphatic rings. The first kappa shape index (κ1) is 24.0. The predicted molar refractivity (Wildman–Crippen MR) is 143 cm³/mol. The van der Waals surface area contributed by atoms with Crippen LogP contribution in [0.3, 0.4) is 0 Å². The van der Waals surface area contributed by atoms with Gasteiger partial charge in [0.2, 0.25) is 0 Å². The van der Waals surface area contributed by atoms with Crippen LogP contribution in [0.1, 0.15) is 33.9 Å². The van der Waals surface area contributed by atoms with Crippen LogP contribution in [-0.4, -0.2) is 28.9 Å². The molecule has 1 unspecified atom stereocenters. The van der Waals surface area contributed by atoms with E-state index in [-0.39, 0.29) is 21.9 Å². The summed E-state index contributed by atoms with van der Waals surface area (Å²) in [6.45, 7) is 5.95. The molecule has 36 heavy (non-hydrogen) atoms. The number of Topliss-reactive ketones (excluding diaryl/α,β-unsaturated/α-hetero) is 1. The van der Waals surface area contributed by atoms with Gasteiger partial charge in [-0.15, -0.1) is 0 Å². The Morgan fingerprint density at radius 2 is 1.81 bits per heavy atom. The molecule has 4 aromatic rings. The molecule has 1 atom stereocenters. The van der Waals surface area contributed by atoms with Gasteiger partial charge in [-0.1, -0.05) is 52.8 Å². The van der Waals surface area contributed by atoms with Gasteiger partial charge in [0.1, 0.15) is 11.5 Å². The quantitative estimate of drug-likeness (QED) is 0.189. The van der Waals surface area contributed by atoms with E-state index in [0.29, 0.717) is 16.4 Å². The van der Waals surface area contributed by atoms with Gasteiger partial charge in [0.15, 0.2) is 5.13 Å². The van der Waals surface area contributed by atoms with Crippen molar-refractivity contribution in [2.75, 3.05) is 12.0 Å². The first-order valence-corrected chi connectivity index (χ1v) is 12.5. The zero-order chi connectivity index (χ0) is 25.7. The summed E-state index contributed by atoms with van der Waals surface area (Å²) in [6.07, 6.45) is 0. The number of hydrogen-bond donors (Lipinski definition) is 1. The minimum atomic E-state index is -0.880. The van der Waals surface area contributed by atoms with Crippen molar-refractivity contribution in [1.82, 2.24) is 4.98 Å². The summed E-state index contributed by atoms with van der Waals surface area (Å²) >= 11 is 7.73. The Kier molecular flexibility index (Phi) is 6.06. The van der Waals surface area contributed by atoms with Gasteiger partial charge in [-0.25, -0.2) is 4.98 Å². The average molecular weight is 519 g/mol. The molecule has 3 aromatic carbocycles. The molecule has 0 bridgehead atoms. The molecule has 1 fully saturated rings. The van der Waals surface area contributed by atoms with Crippen LogP contribution in [0.4, 0.5) is 5.13 Å². The van der Waals surface area contributed by atoms with Gasteiger partial charge in [-0.2, -0.15) is 0 Å². The molecule has 1 aliphatic heterocycles. The molecule has 2 heterocycles. The van der Waals surface area contributed by atoms with Gasteiger partial charge in [-0.05, 0) is 67.8 Å². The van der Waals surface area contributed by atoms with E-state index in [4.69, 9.17) is 21.3 Å². The smallest absolute Gasteiger partial charge is 0.301 e. The van der Waals surface area contributed by atoms with Gasteiger partial charge < -0.3 is 9.84 Å². The number of ketones is 1. The van der Waals surface area contributed by atoms with E-state index in [1.807, 2.05) is 57.2 Å². The van der Waals surface area contributed by atoms with Crippen LogP contribution < -0.4 is 9.64 Å². The summed E-state index contributed by atoms with van der Waals surface area (Å²) in [4.78, 5) is 33.0. The zero-order valence-corrected chi connectivity index (χ0v) is 21.7. The number of thiazole rings is 1. The lowest BCUT2D eigenvalue weighted by Crippen LogP contribution is -2.29. The molecule has 6 nitrogen and oxygen atoms in total. The van der Waals surface area contributed by atoms with E-state index in [1.54, 1.807) is 18.2 Å². The number of methoxy groups -OCH3 is 1. The number of benzene rings is 3. The Morgan fingerprint density at radius 3 is 2.53 bits per heavy atom. The number of carbonyl (C=O) groups is 2. The van der Waals surface area contributed by atoms with Crippen LogP contribution in [0.5, 0.6) is 5.75 Å². The molecule has 5 rings (SSSR count). The number of ether oxygens (including phenoxy) is 1. The first-order chi connectivity index (χ1) is 17.2. The van der Waals surface area contributed by atoms with Crippen molar-refractivity contribution < 1.29 is 19.4 Å². The van der Waals surface area contributed by atoms with Gasteiger partial charge in [0.25, 0.3) is 5.78 Å². The lowest BCUT2D eigenvalue weighted by Gasteiger charge is -2.23. The van der Waals surface area contributed by atoms with Crippen LogP contribution in [0, 0.1) is 20.8 Å². The van der Waals surface area contributed by atoms with Gasteiger partial charge in [0.05, 0.1) is 34.0 Å². The number of aliphatic hydroxyl groups is 1. The minimum Gasteiger partial charge on any atom is -0.507 e. The van der Waals surface area contributed by atoms with E-state index in [1.165, 1.54) is 23.3 Å². The third kappa shape index (κ3) is 3.94. The van der Waals surface area contributed by atoms with Crippen molar-refractivity contribution in [3.8, 4) is 5.75 Å². The molecule has 1 saturated heterocycles. The Morgan fingerprint density at radius 1 is 1.06 bits per heavy atom. The summed E-state index contributed by atoms with van der Waals surface area (Å²) in [5.74, 6) is -1.46. The number of aliphatic hydroxyl groups excluding tert-OH is 1. The van der Waals surface area contributed by atoms with E-state index >= 15 is 0 Å². The number of carbonyl (C=O) groups excluding carboxylic acids is 2. The molecule has 8 heteroatoms. The number of aryl methyl sites for hydroxylation is 3. The number of nitrogens with zero attached hydrogens (tertiary/aromatic N) is 2. The van der Waals surface area contributed by atoms with Crippen LogP contribution in [0.15, 0.2) is 60.2 Å². The Balaban J connectivity index is 1.76. The standard InChI is InChI=1S/C28H23ClN2O4S/c1-14-6-5-7-17(10-14)24-23(25(32)19-13-18(35-4)8-9-20(19)29)26(33)27(34)31(24)28-30-21-11-15(2)16(3)12-22(21)36-28/h5-13,24,32H,1-4H3/b25-23+. The summed E-state index contributed by atoms with van der Waals surface area (Å²) in [6, 6.07) is 15.4. The number of fused-ring (bicyclic) bond motifs is 1. The predicted octanol–water partition coefficient (Wildman–Crippen LogP) is 6.51. The highest BCUT2D eigenvalue weighted by atomic mass is 35.5. The molecule has 0 aliphatic carbocycles. The van der Waals surface area contributed by atoms with Crippen molar-refractivity contribution >= 4 is 55.7 Å². The number of rotatable bonds is 4. The Bertz CT molecular complexity index is 1550. The Labute approximate surface area is 217 Å². The summed E-state index contributed by atoms with van der Waals surface area (Å²) in [7, 11) is 1.50. The lowest BCUT2D eigenvalue weighted by atomic mass is 9.94. The number of anilines is 1. The highest BCUT2D eigenvalue weighted by molar-refractivity contribution is 7.22. The van der Waals surface area contributed by atoms with Crippen LogP contribution in [0.2, 0.25) is 5.02 Å². The maximum Gasteiger partial charge on any atom is 0.301 e. The van der Waals surface area contributed by atoms with E-state index in [9.17, 15) is 14.7 Å². The number of aromatic nitrogens is 1. The molecule has 1 aromatic heterocycles. The second-order valence-electron chi connectivity index (χ2n) is 8.83. The third-order valence-electron chi connectivity index (χ3n) is 6.43. The Hall–Kier alpha value is -3.68. The lowest BCUT2D eigenvalue weighted by molar-refractivity contribution is -0.132. The minimum absolute atomic E-state index is 0.0487. The van der Waals surface area contributed by atoms with Crippen LogP contribution in [0.25, 0.3) is 16.0 Å². The molecule has 1 N–H and O–H groups in total. The zero-order valence-electron chi connectivity index (χ0n) is 20.1. The molecule has 0 saturated carbocycles. The maximum absolute atomic E-state index is 13.5. The molecule has 1 amide bonds. The molecule has 182 valence electrons. The first-order valence-electron chi connectivity index (χ1n) is 11.3. The molecule has 0 spiro atoms. The van der Waals surface area contributed by atoms with Gasteiger partial charge in [0, 0.05) is 5.56 Å². The third-order valence-corrected chi connectivity index (χ3v) is 7.78. The van der Waals surface area contributed by atoms with Crippen LogP contribution in [-0.2, 0) is 9.59 Å². The van der Waals surface area contributed by atoms with Gasteiger partial charge >= 0.3 is 5.91 Å². The molecule has 0 radical (unpaired) electrons. The van der Waals surface area contributed by atoms with Crippen molar-refractivity contribution in [1.29, 1.82) is 0 Å². The number of amides is 1. The molecular formula is C28H23ClN2O4S. The second kappa shape index (κ2) is 9.08. The van der Waals surface area contributed by atoms with Gasteiger partial charge in [-0.3, -0.25) is 14.5 Å². The van der Waals surface area contributed by atoms with E-state index in [2.05, 4.69) is 0 Å². The maximum atomic E-state index is 13.5. The largest absolute Gasteiger partial charge is 0.507 e. The second-order valence-corrected chi connectivity index (χ2v) is 10.2. The summed E-state index contributed by atoms with van der Waals surface area (Å²) in [5, 5.41) is 12.0. The molecular weight excluding hydrogens is 496 g/mol. The highest BCUT2D eigenvalue weighted by Gasteiger charge is 2.48. The fourth-order valence-electron chi connectivity index (χ4n) is 4.41. The van der Waals surface area contributed by atoms with E-state index < -0.39 is 17.7 Å². The van der Waals surface area contributed by atoms with Crippen molar-refractivity contribution in [2.24, 2.45) is 0 Å². The number of halogens is 1. The summed E-state index contributed by atoms with van der Waals surface area (Å²) < 4.78 is 6.19. The fraction of sp³-hybridized carbons (Fsp3) is 0.179. The van der Waals surface area contributed by atoms with E-state index in [0.717, 1.165) is 26.9 Å². The SMILES string of the molecule is COc1ccc(Cl)c(/C(O)=C2\C(=O)C(=O)N(c3nc4cc(C)c(C)cc4s3)C2c2cccc(C)c2)c1. The van der Waals surface area contributed by atoms with Crippen molar-refractivity contribution in [3.05, 3.63) is 93.0 Å². The topological polar surface area (TPSA) is 79.7 Å². The number of hydrogen-bond acceptors (Lipinski definition) is 6. The van der Waals surface area contributed by atoms with Crippen LogP contribution >= 0.6 is 22.9 Å². The van der Waals surface area contributed by atoms with Crippen molar-refractivity contribution in [3.63, 3.8) is 0 Å². The normalized spacial score (nSPS) is 17.2.